The molecule has 9 heteroatoms. The summed E-state index contributed by atoms with van der Waals surface area (Å²) in [7, 11) is 0. The molecule has 0 bridgehead atoms. The van der Waals surface area contributed by atoms with Gasteiger partial charge in [0.1, 0.15) is 11.4 Å². The summed E-state index contributed by atoms with van der Waals surface area (Å²) in [6.45, 7) is 3.85. The van der Waals surface area contributed by atoms with E-state index in [0.717, 1.165) is 16.0 Å². The number of nitrogens with zero attached hydrogens (tertiary/aromatic N) is 1. The number of ether oxygens (including phenoxy) is 1. The van der Waals surface area contributed by atoms with Crippen LogP contribution in [-0.2, 0) is 16.1 Å². The summed E-state index contributed by atoms with van der Waals surface area (Å²) >= 11 is 12.0. The van der Waals surface area contributed by atoms with E-state index in [1.165, 1.54) is 0 Å². The molecule has 1 aliphatic heterocycles. The molecule has 1 saturated heterocycles. The van der Waals surface area contributed by atoms with Gasteiger partial charge in [0.05, 0.1) is 16.6 Å². The van der Waals surface area contributed by atoms with Gasteiger partial charge in [-0.05, 0) is 78.6 Å². The third-order valence-electron chi connectivity index (χ3n) is 5.62. The summed E-state index contributed by atoms with van der Waals surface area (Å²) in [5.41, 5.74) is 4.35. The van der Waals surface area contributed by atoms with Crippen molar-refractivity contribution in [2.75, 3.05) is 11.9 Å². The first-order valence-corrected chi connectivity index (χ1v) is 11.8. The molecule has 1 heterocycles. The Bertz CT molecular complexity index is 1390. The number of imide groups is 1. The maximum absolute atomic E-state index is 12.8. The minimum absolute atomic E-state index is 0.0532. The van der Waals surface area contributed by atoms with Crippen LogP contribution in [0.15, 0.2) is 66.4 Å². The van der Waals surface area contributed by atoms with Crippen LogP contribution >= 0.6 is 23.2 Å². The lowest BCUT2D eigenvalue weighted by molar-refractivity contribution is -0.123. The molecule has 0 atom stereocenters. The molecule has 3 aromatic rings. The fourth-order valence-electron chi connectivity index (χ4n) is 3.56. The molecule has 0 aromatic heterocycles. The number of benzene rings is 3. The van der Waals surface area contributed by atoms with Crippen LogP contribution in [0.5, 0.6) is 5.75 Å². The Labute approximate surface area is 218 Å². The third kappa shape index (κ3) is 6.05. The van der Waals surface area contributed by atoms with E-state index in [9.17, 15) is 14.4 Å². The number of urea groups is 1. The quantitative estimate of drug-likeness (QED) is 0.306. The van der Waals surface area contributed by atoms with Crippen molar-refractivity contribution in [2.45, 2.75) is 20.4 Å². The topological polar surface area (TPSA) is 87.7 Å². The van der Waals surface area contributed by atoms with Crippen molar-refractivity contribution in [1.29, 1.82) is 0 Å². The summed E-state index contributed by atoms with van der Waals surface area (Å²) in [4.78, 5) is 38.6. The molecule has 0 aliphatic carbocycles. The second kappa shape index (κ2) is 10.8. The molecule has 0 saturated carbocycles. The van der Waals surface area contributed by atoms with E-state index < -0.39 is 11.9 Å². The highest BCUT2D eigenvalue weighted by Crippen LogP contribution is 2.25. The average Bonchev–Trinajstić information content (AvgIpc) is 3.10. The van der Waals surface area contributed by atoms with Crippen LogP contribution in [-0.4, -0.2) is 29.4 Å². The number of hydrogen-bond donors (Lipinski definition) is 2. The molecule has 184 valence electrons. The second-order valence-electron chi connectivity index (χ2n) is 8.34. The Morgan fingerprint density at radius 3 is 2.56 bits per heavy atom. The van der Waals surface area contributed by atoms with Crippen molar-refractivity contribution in [2.24, 2.45) is 0 Å². The zero-order chi connectivity index (χ0) is 25.8. The van der Waals surface area contributed by atoms with Crippen LogP contribution in [0, 0.1) is 13.8 Å². The van der Waals surface area contributed by atoms with E-state index >= 15 is 0 Å². The molecule has 0 unspecified atom stereocenters. The third-order valence-corrected chi connectivity index (χ3v) is 6.36. The monoisotopic (exact) mass is 523 g/mol. The van der Waals surface area contributed by atoms with Crippen LogP contribution < -0.4 is 15.4 Å². The number of rotatable bonds is 7. The first kappa shape index (κ1) is 25.3. The van der Waals surface area contributed by atoms with Gasteiger partial charge in [-0.25, -0.2) is 4.79 Å². The van der Waals surface area contributed by atoms with Crippen molar-refractivity contribution >= 4 is 52.8 Å². The van der Waals surface area contributed by atoms with E-state index in [1.54, 1.807) is 48.5 Å². The molecule has 1 fully saturated rings. The number of nitrogens with one attached hydrogen (secondary N) is 2. The molecular weight excluding hydrogens is 501 g/mol. The number of halogens is 2. The van der Waals surface area contributed by atoms with Gasteiger partial charge in [0.25, 0.3) is 11.8 Å². The van der Waals surface area contributed by atoms with Crippen molar-refractivity contribution in [3.63, 3.8) is 0 Å². The number of carbonyl (C=O) groups excluding carboxylic acids is 3. The lowest BCUT2D eigenvalue weighted by atomic mass is 10.1. The molecule has 3 aromatic carbocycles. The van der Waals surface area contributed by atoms with Gasteiger partial charge in [0.2, 0.25) is 0 Å². The SMILES string of the molecule is Cc1ccc(NC(=O)COc2cccc(/C=C3\NC(=O)N(Cc4ccc(Cl)c(Cl)c4)C3=O)c2)cc1C. The van der Waals surface area contributed by atoms with Crippen molar-refractivity contribution in [3.05, 3.63) is 98.7 Å². The number of amides is 4. The summed E-state index contributed by atoms with van der Waals surface area (Å²) in [6.07, 6.45) is 1.55. The highest BCUT2D eigenvalue weighted by Gasteiger charge is 2.33. The van der Waals surface area contributed by atoms with Gasteiger partial charge in [-0.15, -0.1) is 0 Å². The van der Waals surface area contributed by atoms with E-state index in [2.05, 4.69) is 10.6 Å². The van der Waals surface area contributed by atoms with E-state index in [1.807, 2.05) is 32.0 Å². The predicted molar refractivity (Wildman–Crippen MR) is 140 cm³/mol. The number of anilines is 1. The number of aryl methyl sites for hydroxylation is 2. The highest BCUT2D eigenvalue weighted by molar-refractivity contribution is 6.42. The van der Waals surface area contributed by atoms with Gasteiger partial charge in [-0.1, -0.05) is 47.5 Å². The van der Waals surface area contributed by atoms with Gasteiger partial charge in [-0.2, -0.15) is 0 Å². The Hall–Kier alpha value is -3.81. The maximum atomic E-state index is 12.8. The smallest absolute Gasteiger partial charge is 0.329 e. The van der Waals surface area contributed by atoms with Gasteiger partial charge in [0.15, 0.2) is 6.61 Å². The van der Waals surface area contributed by atoms with Gasteiger partial charge in [-0.3, -0.25) is 14.5 Å². The van der Waals surface area contributed by atoms with Crippen molar-refractivity contribution < 1.29 is 19.1 Å². The molecule has 0 spiro atoms. The Kier molecular flexibility index (Phi) is 7.62. The number of hydrogen-bond acceptors (Lipinski definition) is 4. The molecule has 7 nitrogen and oxygen atoms in total. The van der Waals surface area contributed by atoms with Crippen molar-refractivity contribution in [1.82, 2.24) is 10.2 Å². The molecular formula is C27H23Cl2N3O4. The summed E-state index contributed by atoms with van der Waals surface area (Å²) in [5, 5.41) is 6.13. The van der Waals surface area contributed by atoms with Gasteiger partial charge < -0.3 is 15.4 Å². The van der Waals surface area contributed by atoms with Crippen LogP contribution in [0.1, 0.15) is 22.3 Å². The fraction of sp³-hybridized carbons (Fsp3) is 0.148. The minimum Gasteiger partial charge on any atom is -0.484 e. The second-order valence-corrected chi connectivity index (χ2v) is 9.15. The van der Waals surface area contributed by atoms with Crippen molar-refractivity contribution in [3.8, 4) is 5.75 Å². The zero-order valence-corrected chi connectivity index (χ0v) is 21.1. The van der Waals surface area contributed by atoms with Crippen LogP contribution in [0.2, 0.25) is 10.0 Å². The molecule has 0 radical (unpaired) electrons. The summed E-state index contributed by atoms with van der Waals surface area (Å²) in [6, 6.07) is 17.0. The molecule has 4 amide bonds. The van der Waals surface area contributed by atoms with Gasteiger partial charge in [0, 0.05) is 5.69 Å². The fourth-order valence-corrected chi connectivity index (χ4v) is 3.88. The van der Waals surface area contributed by atoms with E-state index in [0.29, 0.717) is 32.6 Å². The van der Waals surface area contributed by atoms with Crippen LogP contribution in [0.3, 0.4) is 0 Å². The molecule has 1 aliphatic rings. The minimum atomic E-state index is -0.534. The largest absolute Gasteiger partial charge is 0.484 e. The molecule has 36 heavy (non-hydrogen) atoms. The van der Waals surface area contributed by atoms with Crippen LogP contribution in [0.4, 0.5) is 10.5 Å². The Morgan fingerprint density at radius 1 is 1.00 bits per heavy atom. The lowest BCUT2D eigenvalue weighted by Crippen LogP contribution is -2.30. The molecule has 2 N–H and O–H groups in total. The lowest BCUT2D eigenvalue weighted by Gasteiger charge is -2.12. The van der Waals surface area contributed by atoms with Gasteiger partial charge >= 0.3 is 6.03 Å². The zero-order valence-electron chi connectivity index (χ0n) is 19.6. The first-order valence-electron chi connectivity index (χ1n) is 11.1. The standard InChI is InChI=1S/C27H23Cl2N3O4/c1-16-6-8-20(10-17(16)2)30-25(33)15-36-21-5-3-4-18(11-21)13-24-26(34)32(27(35)31-24)14-19-7-9-22(28)23(29)12-19/h3-13H,14-15H2,1-2H3,(H,30,33)(H,31,35)/b24-13-. The summed E-state index contributed by atoms with van der Waals surface area (Å²) < 4.78 is 5.62. The Morgan fingerprint density at radius 2 is 1.81 bits per heavy atom. The maximum Gasteiger partial charge on any atom is 0.329 e. The normalized spacial score (nSPS) is 14.2. The highest BCUT2D eigenvalue weighted by atomic mass is 35.5. The first-order chi connectivity index (χ1) is 17.2. The summed E-state index contributed by atoms with van der Waals surface area (Å²) in [5.74, 6) is -0.313. The Balaban J connectivity index is 1.39. The molecule has 4 rings (SSSR count). The average molecular weight is 524 g/mol. The predicted octanol–water partition coefficient (Wildman–Crippen LogP) is 5.72. The van der Waals surface area contributed by atoms with E-state index in [4.69, 9.17) is 27.9 Å². The van der Waals surface area contributed by atoms with E-state index in [-0.39, 0.29) is 24.8 Å². The van der Waals surface area contributed by atoms with Crippen LogP contribution in [0.25, 0.3) is 6.08 Å². The number of carbonyl (C=O) groups is 3.